The van der Waals surface area contributed by atoms with Crippen LogP contribution in [0.4, 0.5) is 13.2 Å². The van der Waals surface area contributed by atoms with Gasteiger partial charge in [-0.2, -0.15) is 13.2 Å². The van der Waals surface area contributed by atoms with Gasteiger partial charge in [0.2, 0.25) is 0 Å². The highest BCUT2D eigenvalue weighted by Crippen LogP contribution is 2.35. The third-order valence-electron chi connectivity index (χ3n) is 1.92. The minimum absolute atomic E-state index is 0.0764. The van der Waals surface area contributed by atoms with Crippen LogP contribution in [0.2, 0.25) is 0 Å². The summed E-state index contributed by atoms with van der Waals surface area (Å²) in [5.41, 5.74) is 0.692. The third kappa shape index (κ3) is 1.85. The highest BCUT2D eigenvalue weighted by molar-refractivity contribution is 5.31. The molecule has 13 heavy (non-hydrogen) atoms. The second-order valence-electron chi connectivity index (χ2n) is 2.95. The van der Waals surface area contributed by atoms with E-state index in [1.54, 1.807) is 0 Å². The summed E-state index contributed by atoms with van der Waals surface area (Å²) in [6, 6.07) is 0. The Bertz CT molecular complexity index is 283. The van der Waals surface area contributed by atoms with E-state index in [0.29, 0.717) is 11.3 Å². The fraction of sp³-hybridized carbons (Fsp3) is 0.500. The second-order valence-corrected chi connectivity index (χ2v) is 2.95. The molecule has 0 aliphatic carbocycles. The van der Waals surface area contributed by atoms with E-state index in [-0.39, 0.29) is 5.56 Å². The van der Waals surface area contributed by atoms with Crippen LogP contribution in [0.1, 0.15) is 22.9 Å². The number of aliphatic hydroxyl groups excluding tert-OH is 1. The van der Waals surface area contributed by atoms with Crippen molar-refractivity contribution in [3.05, 3.63) is 23.0 Å². The number of hydrogen-bond acceptors (Lipinski definition) is 1. The number of aliphatic hydroxyl groups is 1. The fourth-order valence-electron chi connectivity index (χ4n) is 1.25. The summed E-state index contributed by atoms with van der Waals surface area (Å²) < 4.78 is 36.3. The smallest absolute Gasteiger partial charge is 0.379 e. The lowest BCUT2D eigenvalue weighted by Gasteiger charge is -2.15. The predicted molar refractivity (Wildman–Crippen MR) is 41.3 cm³/mol. The zero-order valence-electron chi connectivity index (χ0n) is 7.24. The van der Waals surface area contributed by atoms with Crippen molar-refractivity contribution in [3.8, 4) is 0 Å². The topological polar surface area (TPSA) is 36.0 Å². The molecule has 5 heteroatoms. The van der Waals surface area contributed by atoms with Gasteiger partial charge in [0.1, 0.15) is 0 Å². The summed E-state index contributed by atoms with van der Waals surface area (Å²) in [4.78, 5) is 2.63. The van der Waals surface area contributed by atoms with Gasteiger partial charge in [-0.1, -0.05) is 0 Å². The summed E-state index contributed by atoms with van der Waals surface area (Å²) >= 11 is 0. The molecule has 1 aromatic heterocycles. The molecule has 1 heterocycles. The Labute approximate surface area is 73.4 Å². The Morgan fingerprint density at radius 2 is 1.92 bits per heavy atom. The maximum Gasteiger partial charge on any atom is 0.418 e. The Morgan fingerprint density at radius 3 is 2.23 bits per heavy atom. The quantitative estimate of drug-likeness (QED) is 0.704. The number of halogens is 3. The van der Waals surface area contributed by atoms with Crippen LogP contribution in [-0.2, 0) is 0 Å². The van der Waals surface area contributed by atoms with Crippen molar-refractivity contribution in [2.75, 3.05) is 0 Å². The van der Waals surface area contributed by atoms with Gasteiger partial charge in [-0.3, -0.25) is 0 Å². The lowest BCUT2D eigenvalue weighted by Crippen LogP contribution is -2.21. The van der Waals surface area contributed by atoms with Crippen molar-refractivity contribution in [1.29, 1.82) is 0 Å². The molecule has 0 saturated heterocycles. The number of H-pyrrole nitrogens is 1. The van der Waals surface area contributed by atoms with Crippen molar-refractivity contribution in [3.63, 3.8) is 0 Å². The second kappa shape index (κ2) is 3.06. The number of aryl methyl sites for hydroxylation is 2. The standard InChI is InChI=1S/C8H10F3NO/c1-4-3-12-5(2)6(4)7(13)8(9,10)11/h3,7,12-13H,1-2H3/t7-/m1/s1. The Kier molecular flexibility index (Phi) is 2.38. The molecule has 0 aromatic carbocycles. The van der Waals surface area contributed by atoms with Crippen molar-refractivity contribution in [2.24, 2.45) is 0 Å². The number of aromatic amines is 1. The van der Waals surface area contributed by atoms with E-state index in [1.807, 2.05) is 0 Å². The molecule has 1 rings (SSSR count). The zero-order chi connectivity index (χ0) is 10.2. The van der Waals surface area contributed by atoms with Crippen LogP contribution in [0.3, 0.4) is 0 Å². The Hall–Kier alpha value is -0.970. The van der Waals surface area contributed by atoms with Crippen molar-refractivity contribution < 1.29 is 18.3 Å². The lowest BCUT2D eigenvalue weighted by molar-refractivity contribution is -0.207. The maximum absolute atomic E-state index is 12.1. The van der Waals surface area contributed by atoms with Gasteiger partial charge in [0, 0.05) is 17.5 Å². The third-order valence-corrected chi connectivity index (χ3v) is 1.92. The summed E-state index contributed by atoms with van der Waals surface area (Å²) in [5, 5.41) is 8.96. The molecule has 1 atom stereocenters. The lowest BCUT2D eigenvalue weighted by atomic mass is 10.1. The van der Waals surface area contributed by atoms with Crippen LogP contribution >= 0.6 is 0 Å². The van der Waals surface area contributed by atoms with E-state index in [0.717, 1.165) is 0 Å². The van der Waals surface area contributed by atoms with Crippen molar-refractivity contribution in [2.45, 2.75) is 26.1 Å². The summed E-state index contributed by atoms with van der Waals surface area (Å²) in [5.74, 6) is 0. The highest BCUT2D eigenvalue weighted by Gasteiger charge is 2.41. The molecule has 0 aliphatic heterocycles. The van der Waals surface area contributed by atoms with Gasteiger partial charge in [-0.05, 0) is 19.4 Å². The van der Waals surface area contributed by atoms with Gasteiger partial charge in [-0.15, -0.1) is 0 Å². The normalized spacial score (nSPS) is 14.6. The molecular formula is C8H10F3NO. The molecule has 2 N–H and O–H groups in total. The average molecular weight is 193 g/mol. The average Bonchev–Trinajstić information content (AvgIpc) is 2.28. The first-order valence-corrected chi connectivity index (χ1v) is 3.73. The predicted octanol–water partition coefficient (Wildman–Crippen LogP) is 2.23. The van der Waals surface area contributed by atoms with Crippen molar-refractivity contribution >= 4 is 0 Å². The molecule has 74 valence electrons. The van der Waals surface area contributed by atoms with E-state index < -0.39 is 12.3 Å². The Morgan fingerprint density at radius 1 is 1.38 bits per heavy atom. The van der Waals surface area contributed by atoms with E-state index in [2.05, 4.69) is 4.98 Å². The maximum atomic E-state index is 12.1. The molecule has 0 amide bonds. The summed E-state index contributed by atoms with van der Waals surface area (Å²) in [6.45, 7) is 3.02. The van der Waals surface area contributed by atoms with Gasteiger partial charge >= 0.3 is 6.18 Å². The van der Waals surface area contributed by atoms with Gasteiger partial charge in [0.05, 0.1) is 0 Å². The minimum Gasteiger partial charge on any atom is -0.379 e. The fourth-order valence-corrected chi connectivity index (χ4v) is 1.25. The van der Waals surface area contributed by atoms with Crippen molar-refractivity contribution in [1.82, 2.24) is 4.98 Å². The first kappa shape index (κ1) is 10.1. The molecule has 0 fully saturated rings. The highest BCUT2D eigenvalue weighted by atomic mass is 19.4. The molecule has 0 bridgehead atoms. The van der Waals surface area contributed by atoms with Gasteiger partial charge in [0.15, 0.2) is 6.10 Å². The molecule has 2 nitrogen and oxygen atoms in total. The molecule has 0 spiro atoms. The molecule has 0 radical (unpaired) electrons. The van der Waals surface area contributed by atoms with Gasteiger partial charge in [-0.25, -0.2) is 0 Å². The monoisotopic (exact) mass is 193 g/mol. The number of hydrogen-bond donors (Lipinski definition) is 2. The molecule has 0 saturated carbocycles. The van der Waals surface area contributed by atoms with E-state index in [1.165, 1.54) is 20.0 Å². The van der Waals surface area contributed by atoms with Crippen LogP contribution in [0, 0.1) is 13.8 Å². The van der Waals surface area contributed by atoms with E-state index >= 15 is 0 Å². The number of nitrogens with one attached hydrogen (secondary N) is 1. The first-order valence-electron chi connectivity index (χ1n) is 3.73. The van der Waals surface area contributed by atoms with E-state index in [9.17, 15) is 13.2 Å². The summed E-state index contributed by atoms with van der Waals surface area (Å²) in [7, 11) is 0. The van der Waals surface area contributed by atoms with Crippen LogP contribution in [0.5, 0.6) is 0 Å². The molecule has 0 aliphatic rings. The van der Waals surface area contributed by atoms with Crippen LogP contribution in [0.15, 0.2) is 6.20 Å². The number of aromatic nitrogens is 1. The minimum atomic E-state index is -4.60. The summed E-state index contributed by atoms with van der Waals surface area (Å²) in [6.07, 6.45) is -5.55. The van der Waals surface area contributed by atoms with Gasteiger partial charge in [0.25, 0.3) is 0 Å². The SMILES string of the molecule is Cc1c[nH]c(C)c1[C@@H](O)C(F)(F)F. The zero-order valence-corrected chi connectivity index (χ0v) is 7.24. The number of rotatable bonds is 1. The van der Waals surface area contributed by atoms with Gasteiger partial charge < -0.3 is 10.1 Å². The van der Waals surface area contributed by atoms with Crippen LogP contribution < -0.4 is 0 Å². The number of alkyl halides is 3. The largest absolute Gasteiger partial charge is 0.418 e. The first-order chi connectivity index (χ1) is 5.84. The van der Waals surface area contributed by atoms with Crippen LogP contribution in [0.25, 0.3) is 0 Å². The molecule has 0 unspecified atom stereocenters. The molecular weight excluding hydrogens is 183 g/mol. The Balaban J connectivity index is 3.08. The van der Waals surface area contributed by atoms with Crippen LogP contribution in [-0.4, -0.2) is 16.3 Å². The molecule has 1 aromatic rings. The van der Waals surface area contributed by atoms with E-state index in [4.69, 9.17) is 5.11 Å².